The van der Waals surface area contributed by atoms with E-state index in [1.807, 2.05) is 32.3 Å². The molecule has 0 amide bonds. The van der Waals surface area contributed by atoms with Crippen LogP contribution in [0.2, 0.25) is 0 Å². The van der Waals surface area contributed by atoms with E-state index in [4.69, 9.17) is 23.4 Å². The number of fused-ring (bicyclic) bond motifs is 7. The summed E-state index contributed by atoms with van der Waals surface area (Å²) in [6.45, 7) is 1.32. The Kier molecular flexibility index (Phi) is 7.15. The summed E-state index contributed by atoms with van der Waals surface area (Å²) in [6.07, 6.45) is 2.57. The zero-order valence-electron chi connectivity index (χ0n) is 24.6. The predicted octanol–water partition coefficient (Wildman–Crippen LogP) is 5.79. The van der Waals surface area contributed by atoms with Crippen LogP contribution in [0.3, 0.4) is 0 Å². The number of pyridine rings is 1. The van der Waals surface area contributed by atoms with E-state index in [9.17, 15) is 15.0 Å². The standard InChI is InChI=1S/C33H32N2O8/c1-34(2)10-6-12-42-28-17-25-21(16-27(28)41-5)30-29(19-7-8-24(39-3)22(36)14-19)31-20-15-26(40-4)23(37)13-18(20)9-11-35(31)32(30)33(38)43-25/h7-9,11,13-17,36-37H,6,10,12H2,1-5H3. The fourth-order valence-corrected chi connectivity index (χ4v) is 5.64. The average molecular weight is 585 g/mol. The lowest BCUT2D eigenvalue weighted by molar-refractivity contribution is 0.268. The van der Waals surface area contributed by atoms with Crippen molar-refractivity contribution in [3.63, 3.8) is 0 Å². The number of ether oxygens (including phenoxy) is 4. The lowest BCUT2D eigenvalue weighted by Crippen LogP contribution is -2.15. The molecule has 0 fully saturated rings. The van der Waals surface area contributed by atoms with Gasteiger partial charge in [0.2, 0.25) is 0 Å². The van der Waals surface area contributed by atoms with Crippen molar-refractivity contribution in [1.29, 1.82) is 0 Å². The van der Waals surface area contributed by atoms with E-state index in [2.05, 4.69) is 4.90 Å². The van der Waals surface area contributed by atoms with E-state index in [1.165, 1.54) is 14.2 Å². The number of phenols is 2. The molecule has 0 radical (unpaired) electrons. The minimum atomic E-state index is -0.546. The first-order chi connectivity index (χ1) is 20.7. The highest BCUT2D eigenvalue weighted by molar-refractivity contribution is 6.22. The highest BCUT2D eigenvalue weighted by Gasteiger charge is 2.25. The molecule has 3 aromatic carbocycles. The number of phenolic OH excluding ortho intramolecular Hbond substituents is 2. The summed E-state index contributed by atoms with van der Waals surface area (Å²) in [4.78, 5) is 15.8. The van der Waals surface area contributed by atoms with Crippen LogP contribution in [-0.2, 0) is 0 Å². The number of methoxy groups -OCH3 is 3. The summed E-state index contributed by atoms with van der Waals surface area (Å²) in [5, 5.41) is 24.0. The van der Waals surface area contributed by atoms with E-state index in [0.29, 0.717) is 62.4 Å². The third kappa shape index (κ3) is 4.69. The monoisotopic (exact) mass is 584 g/mol. The van der Waals surface area contributed by atoms with Crippen LogP contribution in [0.25, 0.3) is 49.3 Å². The second kappa shape index (κ2) is 11.0. The van der Waals surface area contributed by atoms with Crippen molar-refractivity contribution in [3.05, 3.63) is 65.1 Å². The lowest BCUT2D eigenvalue weighted by Gasteiger charge is -2.14. The van der Waals surface area contributed by atoms with Crippen LogP contribution in [-0.4, -0.2) is 68.1 Å². The van der Waals surface area contributed by atoms with Gasteiger partial charge in [0, 0.05) is 40.5 Å². The molecule has 0 aliphatic rings. The Morgan fingerprint density at radius 2 is 1.53 bits per heavy atom. The zero-order chi connectivity index (χ0) is 30.4. The molecule has 6 rings (SSSR count). The van der Waals surface area contributed by atoms with Crippen LogP contribution >= 0.6 is 0 Å². The molecule has 0 unspecified atom stereocenters. The molecule has 0 saturated heterocycles. The van der Waals surface area contributed by atoms with Crippen molar-refractivity contribution in [1.82, 2.24) is 9.30 Å². The number of rotatable bonds is 9. The summed E-state index contributed by atoms with van der Waals surface area (Å²) in [5.74, 6) is 1.49. The van der Waals surface area contributed by atoms with Crippen molar-refractivity contribution >= 4 is 38.2 Å². The Morgan fingerprint density at radius 3 is 2.23 bits per heavy atom. The van der Waals surface area contributed by atoms with Gasteiger partial charge in [0.1, 0.15) is 11.1 Å². The molecule has 222 valence electrons. The van der Waals surface area contributed by atoms with Gasteiger partial charge in [-0.15, -0.1) is 0 Å². The normalized spacial score (nSPS) is 11.7. The zero-order valence-corrected chi connectivity index (χ0v) is 24.6. The van der Waals surface area contributed by atoms with E-state index in [-0.39, 0.29) is 17.2 Å². The summed E-state index contributed by atoms with van der Waals surface area (Å²) >= 11 is 0. The fourth-order valence-electron chi connectivity index (χ4n) is 5.64. The molecule has 0 saturated carbocycles. The maximum Gasteiger partial charge on any atom is 0.361 e. The number of benzene rings is 3. The third-order valence-electron chi connectivity index (χ3n) is 7.62. The maximum absolute atomic E-state index is 13.7. The molecule has 6 aromatic rings. The number of hydrogen-bond donors (Lipinski definition) is 2. The van der Waals surface area contributed by atoms with Crippen LogP contribution in [0, 0.1) is 0 Å². The van der Waals surface area contributed by atoms with Crippen LogP contribution in [0.4, 0.5) is 0 Å². The van der Waals surface area contributed by atoms with Gasteiger partial charge < -0.3 is 42.9 Å². The van der Waals surface area contributed by atoms with Crippen LogP contribution in [0.1, 0.15) is 6.42 Å². The van der Waals surface area contributed by atoms with Crippen molar-refractivity contribution in [2.75, 3.05) is 48.6 Å². The number of aromatic hydroxyl groups is 2. The minimum absolute atomic E-state index is 0.00749. The van der Waals surface area contributed by atoms with Crippen LogP contribution in [0.15, 0.2) is 63.9 Å². The largest absolute Gasteiger partial charge is 0.504 e. The molecule has 0 bridgehead atoms. The molecular formula is C33H32N2O8. The first kappa shape index (κ1) is 28.0. The molecule has 3 aromatic heterocycles. The molecule has 10 heteroatoms. The predicted molar refractivity (Wildman–Crippen MR) is 166 cm³/mol. The minimum Gasteiger partial charge on any atom is -0.504 e. The van der Waals surface area contributed by atoms with Gasteiger partial charge in [-0.05, 0) is 67.9 Å². The van der Waals surface area contributed by atoms with E-state index >= 15 is 0 Å². The second-order valence-electron chi connectivity index (χ2n) is 10.5. The van der Waals surface area contributed by atoms with Gasteiger partial charge in [0.05, 0.1) is 33.5 Å². The first-order valence-electron chi connectivity index (χ1n) is 13.7. The first-order valence-corrected chi connectivity index (χ1v) is 13.7. The van der Waals surface area contributed by atoms with Gasteiger partial charge >= 0.3 is 5.63 Å². The molecule has 0 aliphatic heterocycles. The SMILES string of the molecule is COc1ccc(-c2c3c4cc(OC)c(OCCCN(C)C)cc4oc(=O)c3n3ccc4cc(O)c(OC)cc4c23)cc1O. The number of hydrogen-bond acceptors (Lipinski definition) is 9. The van der Waals surface area contributed by atoms with Gasteiger partial charge in [-0.25, -0.2) is 4.79 Å². The second-order valence-corrected chi connectivity index (χ2v) is 10.5. The maximum atomic E-state index is 13.7. The number of nitrogens with zero attached hydrogens (tertiary/aromatic N) is 2. The van der Waals surface area contributed by atoms with Gasteiger partial charge in [0.25, 0.3) is 0 Å². The Labute approximate surface area is 246 Å². The Bertz CT molecular complexity index is 2080. The molecule has 43 heavy (non-hydrogen) atoms. The molecule has 3 heterocycles. The molecular weight excluding hydrogens is 552 g/mol. The van der Waals surface area contributed by atoms with Gasteiger partial charge in [0.15, 0.2) is 34.5 Å². The van der Waals surface area contributed by atoms with Crippen molar-refractivity contribution < 1.29 is 33.6 Å². The fraction of sp³-hybridized carbons (Fsp3) is 0.242. The molecule has 0 spiro atoms. The summed E-state index contributed by atoms with van der Waals surface area (Å²) in [5.41, 5.74) is 2.07. The topological polar surface area (TPSA) is 115 Å². The molecule has 0 aliphatic carbocycles. The van der Waals surface area contributed by atoms with E-state index in [1.54, 1.807) is 48.0 Å². The lowest BCUT2D eigenvalue weighted by atomic mass is 9.98. The van der Waals surface area contributed by atoms with Crippen LogP contribution < -0.4 is 24.6 Å². The Hall–Kier alpha value is -5.09. The molecule has 0 atom stereocenters. The molecule has 10 nitrogen and oxygen atoms in total. The average Bonchev–Trinajstić information content (AvgIpc) is 3.35. The molecule has 2 N–H and O–H groups in total. The van der Waals surface area contributed by atoms with Crippen molar-refractivity contribution in [3.8, 4) is 45.6 Å². The Morgan fingerprint density at radius 1 is 0.814 bits per heavy atom. The van der Waals surface area contributed by atoms with E-state index in [0.717, 1.165) is 23.7 Å². The number of aromatic nitrogens is 1. The Balaban J connectivity index is 1.73. The third-order valence-corrected chi connectivity index (χ3v) is 7.62. The summed E-state index contributed by atoms with van der Waals surface area (Å²) < 4.78 is 30.2. The van der Waals surface area contributed by atoms with Gasteiger partial charge in [-0.3, -0.25) is 0 Å². The summed E-state index contributed by atoms with van der Waals surface area (Å²) in [7, 11) is 8.53. The van der Waals surface area contributed by atoms with E-state index < -0.39 is 5.63 Å². The van der Waals surface area contributed by atoms with Crippen molar-refractivity contribution in [2.45, 2.75) is 6.42 Å². The summed E-state index contributed by atoms with van der Waals surface area (Å²) in [6, 6.07) is 13.7. The quantitative estimate of drug-likeness (QED) is 0.161. The van der Waals surface area contributed by atoms with Gasteiger partial charge in [-0.1, -0.05) is 6.07 Å². The van der Waals surface area contributed by atoms with Crippen molar-refractivity contribution in [2.24, 2.45) is 0 Å². The van der Waals surface area contributed by atoms with Gasteiger partial charge in [-0.2, -0.15) is 0 Å². The smallest absolute Gasteiger partial charge is 0.361 e. The highest BCUT2D eigenvalue weighted by atomic mass is 16.5. The van der Waals surface area contributed by atoms with Crippen LogP contribution in [0.5, 0.6) is 34.5 Å². The highest BCUT2D eigenvalue weighted by Crippen LogP contribution is 2.46.